The lowest BCUT2D eigenvalue weighted by atomic mass is 10.1. The Morgan fingerprint density at radius 3 is 2.50 bits per heavy atom. The van der Waals surface area contributed by atoms with Crippen LogP contribution < -0.4 is 10.5 Å². The molecule has 0 aliphatic heterocycles. The van der Waals surface area contributed by atoms with Gasteiger partial charge in [0.25, 0.3) is 0 Å². The van der Waals surface area contributed by atoms with Crippen molar-refractivity contribution in [3.8, 4) is 0 Å². The van der Waals surface area contributed by atoms with Crippen LogP contribution in [0.5, 0.6) is 0 Å². The van der Waals surface area contributed by atoms with Gasteiger partial charge in [0.1, 0.15) is 0 Å². The molecule has 0 spiro atoms. The molecule has 18 heavy (non-hydrogen) atoms. The van der Waals surface area contributed by atoms with E-state index < -0.39 is 11.3 Å². The molecule has 0 radical (unpaired) electrons. The molecule has 0 fully saturated rings. The minimum absolute atomic E-state index is 0.115. The Bertz CT molecular complexity index is 539. The number of aryl methyl sites for hydroxylation is 1. The van der Waals surface area contributed by atoms with Crippen molar-refractivity contribution in [2.45, 2.75) is 26.7 Å². The van der Waals surface area contributed by atoms with Gasteiger partial charge in [-0.2, -0.15) is 0 Å². The summed E-state index contributed by atoms with van der Waals surface area (Å²) in [5.41, 5.74) is 1.67. The molecule has 1 heterocycles. The topological polar surface area (TPSA) is 79.8 Å². The maximum Gasteiger partial charge on any atom is 0.189 e. The molecule has 0 saturated heterocycles. The molecule has 0 saturated carbocycles. The summed E-state index contributed by atoms with van der Waals surface area (Å²) in [6.07, 6.45) is 10.3. The zero-order chi connectivity index (χ0) is 13.5. The van der Waals surface area contributed by atoms with E-state index in [2.05, 4.69) is 30.1 Å². The lowest BCUT2D eigenvalue weighted by molar-refractivity contribution is -0.214. The van der Waals surface area contributed by atoms with Gasteiger partial charge < -0.3 is 15.5 Å². The number of hydrogen-bond acceptors (Lipinski definition) is 3. The third kappa shape index (κ3) is 4.41. The van der Waals surface area contributed by atoms with Crippen LogP contribution in [0, 0.1) is 12.3 Å². The number of pyridine rings is 1. The SMILES string of the molecule is CC1=CCC=CC1.Cc1cc(=O)c(C(=N)[O-])c[nH]1. The van der Waals surface area contributed by atoms with Crippen molar-refractivity contribution >= 4 is 5.90 Å². The van der Waals surface area contributed by atoms with Crippen LogP contribution in [0.1, 0.15) is 31.0 Å². The predicted octanol–water partition coefficient (Wildman–Crippen LogP) is 1.65. The van der Waals surface area contributed by atoms with Gasteiger partial charge in [0.15, 0.2) is 5.43 Å². The van der Waals surface area contributed by atoms with Gasteiger partial charge in [-0.15, -0.1) is 0 Å². The van der Waals surface area contributed by atoms with E-state index in [0.29, 0.717) is 5.69 Å². The lowest BCUT2D eigenvalue weighted by Gasteiger charge is -2.05. The van der Waals surface area contributed by atoms with E-state index in [0.717, 1.165) is 6.42 Å². The van der Waals surface area contributed by atoms with Crippen LogP contribution in [0.3, 0.4) is 0 Å². The standard InChI is InChI=1S/C7H8N2O2.C7H10/c1-4-2-6(10)5(3-9-4)7(8)11;1-7-5-3-2-4-6-7/h2-3H,1H3,(H2,8,11)(H,9,10);2-3,6H,4-5H2,1H3/p-1. The molecular weight excluding hydrogens is 228 g/mol. The molecule has 1 aliphatic rings. The molecule has 2 rings (SSSR count). The summed E-state index contributed by atoms with van der Waals surface area (Å²) in [4.78, 5) is 13.6. The van der Waals surface area contributed by atoms with Gasteiger partial charge >= 0.3 is 0 Å². The van der Waals surface area contributed by atoms with Crippen LogP contribution in [0.15, 0.2) is 40.9 Å². The van der Waals surface area contributed by atoms with Gasteiger partial charge in [0.05, 0.1) is 0 Å². The molecule has 96 valence electrons. The van der Waals surface area contributed by atoms with Crippen LogP contribution in [0.2, 0.25) is 0 Å². The summed E-state index contributed by atoms with van der Waals surface area (Å²) >= 11 is 0. The second-order valence-corrected chi connectivity index (χ2v) is 4.18. The normalized spacial score (nSPS) is 13.3. The van der Waals surface area contributed by atoms with Gasteiger partial charge in [-0.1, -0.05) is 23.8 Å². The number of allylic oxidation sites excluding steroid dienone is 4. The third-order valence-corrected chi connectivity index (χ3v) is 2.51. The van der Waals surface area contributed by atoms with Gasteiger partial charge in [0, 0.05) is 23.5 Å². The van der Waals surface area contributed by atoms with Crippen molar-refractivity contribution in [1.29, 1.82) is 5.41 Å². The van der Waals surface area contributed by atoms with E-state index in [-0.39, 0.29) is 5.56 Å². The molecule has 0 bridgehead atoms. The smallest absolute Gasteiger partial charge is 0.189 e. The molecule has 2 N–H and O–H groups in total. The minimum Gasteiger partial charge on any atom is -0.859 e. The van der Waals surface area contributed by atoms with Crippen LogP contribution in [-0.4, -0.2) is 10.9 Å². The number of aromatic nitrogens is 1. The largest absolute Gasteiger partial charge is 0.859 e. The zero-order valence-corrected chi connectivity index (χ0v) is 10.6. The highest BCUT2D eigenvalue weighted by atomic mass is 16.3. The van der Waals surface area contributed by atoms with E-state index in [1.54, 1.807) is 6.92 Å². The molecule has 0 aromatic carbocycles. The number of hydrogen-bond donors (Lipinski definition) is 2. The first-order valence-electron chi connectivity index (χ1n) is 5.76. The van der Waals surface area contributed by atoms with Crippen LogP contribution in [-0.2, 0) is 0 Å². The van der Waals surface area contributed by atoms with E-state index in [9.17, 15) is 9.90 Å². The van der Waals surface area contributed by atoms with Gasteiger partial charge in [-0.3, -0.25) is 4.79 Å². The maximum absolute atomic E-state index is 10.9. The summed E-state index contributed by atoms with van der Waals surface area (Å²) in [6, 6.07) is 1.29. The third-order valence-electron chi connectivity index (χ3n) is 2.51. The van der Waals surface area contributed by atoms with Crippen LogP contribution >= 0.6 is 0 Å². The fourth-order valence-electron chi connectivity index (χ4n) is 1.47. The minimum atomic E-state index is -0.953. The summed E-state index contributed by atoms with van der Waals surface area (Å²) in [5.74, 6) is -0.953. The molecule has 4 nitrogen and oxygen atoms in total. The first-order chi connectivity index (χ1) is 8.50. The Kier molecular flexibility index (Phi) is 5.11. The van der Waals surface area contributed by atoms with E-state index in [1.165, 1.54) is 24.3 Å². The highest BCUT2D eigenvalue weighted by Crippen LogP contribution is 2.07. The number of aromatic amines is 1. The van der Waals surface area contributed by atoms with Gasteiger partial charge in [-0.25, -0.2) is 0 Å². The maximum atomic E-state index is 10.9. The van der Waals surface area contributed by atoms with Crippen molar-refractivity contribution in [3.63, 3.8) is 0 Å². The summed E-state index contributed by atoms with van der Waals surface area (Å²) < 4.78 is 0. The van der Waals surface area contributed by atoms with E-state index >= 15 is 0 Å². The molecule has 1 aromatic rings. The van der Waals surface area contributed by atoms with E-state index in [4.69, 9.17) is 5.41 Å². The van der Waals surface area contributed by atoms with E-state index in [1.807, 2.05) is 0 Å². The Morgan fingerprint density at radius 1 is 1.39 bits per heavy atom. The Morgan fingerprint density at radius 2 is 2.11 bits per heavy atom. The first-order valence-corrected chi connectivity index (χ1v) is 5.76. The van der Waals surface area contributed by atoms with Crippen molar-refractivity contribution < 1.29 is 5.11 Å². The number of H-pyrrole nitrogens is 1. The van der Waals surface area contributed by atoms with Gasteiger partial charge in [0.2, 0.25) is 0 Å². The van der Waals surface area contributed by atoms with Crippen molar-refractivity contribution in [1.82, 2.24) is 4.98 Å². The van der Waals surface area contributed by atoms with Crippen LogP contribution in [0.25, 0.3) is 0 Å². The van der Waals surface area contributed by atoms with Crippen molar-refractivity contribution in [3.05, 3.63) is 57.5 Å². The first kappa shape index (κ1) is 14.0. The monoisotopic (exact) mass is 245 g/mol. The fraction of sp³-hybridized carbons (Fsp3) is 0.286. The molecule has 1 aliphatic carbocycles. The van der Waals surface area contributed by atoms with Crippen molar-refractivity contribution in [2.75, 3.05) is 0 Å². The highest BCUT2D eigenvalue weighted by molar-refractivity contribution is 5.87. The quantitative estimate of drug-likeness (QED) is 0.448. The average molecular weight is 245 g/mol. The van der Waals surface area contributed by atoms with Crippen molar-refractivity contribution in [2.24, 2.45) is 0 Å². The van der Waals surface area contributed by atoms with Crippen LogP contribution in [0.4, 0.5) is 0 Å². The molecule has 1 aromatic heterocycles. The fourth-order valence-corrected chi connectivity index (χ4v) is 1.47. The highest BCUT2D eigenvalue weighted by Gasteiger charge is 1.96. The Balaban J connectivity index is 0.000000199. The molecule has 0 atom stereocenters. The molecular formula is C14H17N2O2-. The average Bonchev–Trinajstić information content (AvgIpc) is 2.30. The number of nitrogens with one attached hydrogen (secondary N) is 2. The summed E-state index contributed by atoms with van der Waals surface area (Å²) in [7, 11) is 0. The zero-order valence-electron chi connectivity index (χ0n) is 10.6. The second kappa shape index (κ2) is 6.59. The Hall–Kier alpha value is -2.10. The lowest BCUT2D eigenvalue weighted by Crippen LogP contribution is -2.25. The Labute approximate surface area is 106 Å². The summed E-state index contributed by atoms with van der Waals surface area (Å²) in [6.45, 7) is 3.88. The second-order valence-electron chi connectivity index (χ2n) is 4.18. The number of rotatable bonds is 1. The molecule has 0 unspecified atom stereocenters. The van der Waals surface area contributed by atoms with Gasteiger partial charge in [-0.05, 0) is 32.6 Å². The molecule has 4 heteroatoms. The summed E-state index contributed by atoms with van der Waals surface area (Å²) in [5, 5.41) is 17.1. The molecule has 0 amide bonds. The predicted molar refractivity (Wildman–Crippen MR) is 70.8 cm³/mol.